The second kappa shape index (κ2) is 5.02. The SMILES string of the molecule is O=C(O)c1ccc2c(=O)c3cc(Cl)cc(Cl)c3ccc2c1. The van der Waals surface area contributed by atoms with Crippen LogP contribution in [-0.4, -0.2) is 11.1 Å². The summed E-state index contributed by atoms with van der Waals surface area (Å²) in [5.74, 6) is -1.04. The fraction of sp³-hybridized carbons (Fsp3) is 0. The van der Waals surface area contributed by atoms with Gasteiger partial charge in [0.1, 0.15) is 0 Å². The lowest BCUT2D eigenvalue weighted by Crippen LogP contribution is -2.00. The van der Waals surface area contributed by atoms with Gasteiger partial charge >= 0.3 is 5.97 Å². The van der Waals surface area contributed by atoms with Crippen LogP contribution in [-0.2, 0) is 0 Å². The normalized spacial score (nSPS) is 11.0. The van der Waals surface area contributed by atoms with Gasteiger partial charge in [-0.15, -0.1) is 0 Å². The van der Waals surface area contributed by atoms with Crippen LogP contribution in [0, 0.1) is 0 Å². The molecule has 0 unspecified atom stereocenters. The molecular formula is C16H8Cl2O3. The van der Waals surface area contributed by atoms with E-state index in [-0.39, 0.29) is 11.0 Å². The van der Waals surface area contributed by atoms with Crippen molar-refractivity contribution in [1.29, 1.82) is 0 Å². The van der Waals surface area contributed by atoms with Crippen LogP contribution in [0.2, 0.25) is 10.0 Å². The van der Waals surface area contributed by atoms with Crippen molar-refractivity contribution in [2.24, 2.45) is 0 Å². The summed E-state index contributed by atoms with van der Waals surface area (Å²) in [7, 11) is 0. The average Bonchev–Trinajstić information content (AvgIpc) is 2.57. The van der Waals surface area contributed by atoms with Gasteiger partial charge in [-0.05, 0) is 35.7 Å². The molecule has 3 nitrogen and oxygen atoms in total. The minimum absolute atomic E-state index is 0.126. The first-order chi connectivity index (χ1) is 9.97. The topological polar surface area (TPSA) is 54.4 Å². The maximum Gasteiger partial charge on any atom is 0.335 e. The fourth-order valence-corrected chi connectivity index (χ4v) is 2.86. The molecule has 0 saturated carbocycles. The molecule has 0 atom stereocenters. The summed E-state index contributed by atoms with van der Waals surface area (Å²) in [6, 6.07) is 10.9. The zero-order valence-corrected chi connectivity index (χ0v) is 12.1. The highest BCUT2D eigenvalue weighted by atomic mass is 35.5. The van der Waals surface area contributed by atoms with Crippen molar-refractivity contribution in [1.82, 2.24) is 0 Å². The second-order valence-electron chi connectivity index (χ2n) is 4.62. The summed E-state index contributed by atoms with van der Waals surface area (Å²) < 4.78 is 0. The van der Waals surface area contributed by atoms with E-state index in [1.165, 1.54) is 18.2 Å². The van der Waals surface area contributed by atoms with Gasteiger partial charge in [0.05, 0.1) is 10.6 Å². The predicted octanol–water partition coefficient (Wildman–Crippen LogP) is 4.36. The number of benzene rings is 2. The molecule has 104 valence electrons. The molecule has 0 heterocycles. The number of hydrogen-bond donors (Lipinski definition) is 1. The predicted molar refractivity (Wildman–Crippen MR) is 84.7 cm³/mol. The van der Waals surface area contributed by atoms with Crippen molar-refractivity contribution in [2.75, 3.05) is 0 Å². The summed E-state index contributed by atoms with van der Waals surface area (Å²) in [6.07, 6.45) is 0. The number of carboxylic acids is 1. The molecule has 0 spiro atoms. The first kappa shape index (κ1) is 13.9. The molecule has 0 fully saturated rings. The molecule has 0 aliphatic rings. The van der Waals surface area contributed by atoms with Crippen LogP contribution in [0.5, 0.6) is 0 Å². The van der Waals surface area contributed by atoms with Crippen molar-refractivity contribution in [3.05, 3.63) is 68.3 Å². The Bertz CT molecular complexity index is 965. The van der Waals surface area contributed by atoms with Crippen molar-refractivity contribution < 1.29 is 9.90 Å². The van der Waals surface area contributed by atoms with Crippen LogP contribution in [0.25, 0.3) is 21.5 Å². The fourth-order valence-electron chi connectivity index (χ4n) is 2.30. The Kier molecular flexibility index (Phi) is 3.32. The minimum atomic E-state index is -1.04. The number of hydrogen-bond acceptors (Lipinski definition) is 2. The maximum absolute atomic E-state index is 12.6. The number of halogens is 2. The first-order valence-electron chi connectivity index (χ1n) is 6.06. The monoisotopic (exact) mass is 318 g/mol. The molecule has 21 heavy (non-hydrogen) atoms. The standard InChI is InChI=1S/C16H8Cl2O3/c17-10-6-13-12(14(18)7-10)4-1-8-5-9(16(20)21)2-3-11(8)15(13)19/h1-7H,(H,20,21). The van der Waals surface area contributed by atoms with Gasteiger partial charge in [0, 0.05) is 21.2 Å². The van der Waals surface area contributed by atoms with Gasteiger partial charge in [-0.3, -0.25) is 4.79 Å². The Morgan fingerprint density at radius 3 is 2.33 bits per heavy atom. The van der Waals surface area contributed by atoms with E-state index in [9.17, 15) is 9.59 Å². The van der Waals surface area contributed by atoms with Gasteiger partial charge in [0.2, 0.25) is 0 Å². The molecule has 0 aromatic heterocycles. The molecule has 1 N–H and O–H groups in total. The van der Waals surface area contributed by atoms with Crippen LogP contribution in [0.3, 0.4) is 0 Å². The van der Waals surface area contributed by atoms with Crippen molar-refractivity contribution in [2.45, 2.75) is 0 Å². The Morgan fingerprint density at radius 2 is 1.62 bits per heavy atom. The molecule has 0 amide bonds. The number of aromatic carboxylic acids is 1. The van der Waals surface area contributed by atoms with Crippen LogP contribution >= 0.6 is 23.2 Å². The van der Waals surface area contributed by atoms with Crippen LogP contribution in [0.4, 0.5) is 0 Å². The Balaban J connectivity index is 2.53. The maximum atomic E-state index is 12.6. The molecule has 0 saturated heterocycles. The van der Waals surface area contributed by atoms with E-state index >= 15 is 0 Å². The van der Waals surface area contributed by atoms with E-state index in [0.717, 1.165) is 0 Å². The van der Waals surface area contributed by atoms with Crippen LogP contribution in [0.1, 0.15) is 10.4 Å². The number of rotatable bonds is 1. The minimum Gasteiger partial charge on any atom is -0.478 e. The van der Waals surface area contributed by atoms with E-state index in [0.29, 0.717) is 31.6 Å². The third-order valence-electron chi connectivity index (χ3n) is 3.31. The highest BCUT2D eigenvalue weighted by molar-refractivity contribution is 6.38. The highest BCUT2D eigenvalue weighted by Gasteiger charge is 2.09. The zero-order valence-electron chi connectivity index (χ0n) is 10.6. The van der Waals surface area contributed by atoms with Crippen LogP contribution in [0.15, 0.2) is 47.3 Å². The van der Waals surface area contributed by atoms with E-state index in [4.69, 9.17) is 28.3 Å². The Morgan fingerprint density at radius 1 is 0.905 bits per heavy atom. The van der Waals surface area contributed by atoms with Crippen molar-refractivity contribution in [3.63, 3.8) is 0 Å². The summed E-state index contributed by atoms with van der Waals surface area (Å²) in [6.45, 7) is 0. The third-order valence-corrected chi connectivity index (χ3v) is 3.84. The first-order valence-corrected chi connectivity index (χ1v) is 6.82. The second-order valence-corrected chi connectivity index (χ2v) is 5.46. The van der Waals surface area contributed by atoms with Gasteiger partial charge in [-0.2, -0.15) is 0 Å². The molecule has 0 radical (unpaired) electrons. The number of fused-ring (bicyclic) bond motifs is 2. The smallest absolute Gasteiger partial charge is 0.335 e. The molecule has 0 aliphatic carbocycles. The molecular weight excluding hydrogens is 311 g/mol. The number of carboxylic acid groups (broad SMARTS) is 1. The molecule has 5 heteroatoms. The zero-order chi connectivity index (χ0) is 15.1. The Hall–Kier alpha value is -2.10. The molecule has 3 aromatic carbocycles. The molecule has 0 aliphatic heterocycles. The molecule has 0 bridgehead atoms. The quantitative estimate of drug-likeness (QED) is 0.725. The van der Waals surface area contributed by atoms with Gasteiger partial charge < -0.3 is 5.11 Å². The lowest BCUT2D eigenvalue weighted by molar-refractivity contribution is 0.0697. The van der Waals surface area contributed by atoms with Gasteiger partial charge in [0.15, 0.2) is 5.43 Å². The molecule has 3 aromatic rings. The lowest BCUT2D eigenvalue weighted by Gasteiger charge is -1.97. The summed E-state index contributed by atoms with van der Waals surface area (Å²) >= 11 is 12.1. The summed E-state index contributed by atoms with van der Waals surface area (Å²) in [4.78, 5) is 23.6. The van der Waals surface area contributed by atoms with Crippen molar-refractivity contribution in [3.8, 4) is 0 Å². The summed E-state index contributed by atoms with van der Waals surface area (Å²) in [5.41, 5.74) is -0.104. The third kappa shape index (κ3) is 2.35. The highest BCUT2D eigenvalue weighted by Crippen LogP contribution is 2.27. The average molecular weight is 319 g/mol. The summed E-state index contributed by atoms with van der Waals surface area (Å²) in [5, 5.41) is 11.8. The van der Waals surface area contributed by atoms with E-state index in [1.807, 2.05) is 0 Å². The van der Waals surface area contributed by atoms with Crippen molar-refractivity contribution >= 4 is 50.7 Å². The van der Waals surface area contributed by atoms with Gasteiger partial charge in [-0.25, -0.2) is 4.79 Å². The number of carbonyl (C=O) groups is 1. The lowest BCUT2D eigenvalue weighted by atomic mass is 10.1. The van der Waals surface area contributed by atoms with Gasteiger partial charge in [-0.1, -0.05) is 35.3 Å². The molecule has 3 rings (SSSR count). The van der Waals surface area contributed by atoms with E-state index in [1.54, 1.807) is 24.3 Å². The van der Waals surface area contributed by atoms with E-state index < -0.39 is 5.97 Å². The van der Waals surface area contributed by atoms with Crippen LogP contribution < -0.4 is 5.43 Å². The largest absolute Gasteiger partial charge is 0.478 e. The van der Waals surface area contributed by atoms with E-state index in [2.05, 4.69) is 0 Å². The Labute approximate surface area is 129 Å². The van der Waals surface area contributed by atoms with Gasteiger partial charge in [0.25, 0.3) is 0 Å².